The molecule has 4 rings (SSSR count). The van der Waals surface area contributed by atoms with Crippen molar-refractivity contribution in [2.24, 2.45) is 0 Å². The van der Waals surface area contributed by atoms with Crippen molar-refractivity contribution in [2.75, 3.05) is 26.2 Å². The monoisotopic (exact) mass is 484 g/mol. The predicted molar refractivity (Wildman–Crippen MR) is 126 cm³/mol. The Balaban J connectivity index is 1.32. The molecule has 2 amide bonds. The molecular formula is C23H24N4O4S2. The molecule has 0 bridgehead atoms. The van der Waals surface area contributed by atoms with Crippen LogP contribution in [0.15, 0.2) is 76.3 Å². The van der Waals surface area contributed by atoms with Gasteiger partial charge in [-0.1, -0.05) is 30.3 Å². The lowest BCUT2D eigenvalue weighted by Crippen LogP contribution is -2.48. The molecule has 2 heterocycles. The molecule has 0 spiro atoms. The first-order chi connectivity index (χ1) is 15.9. The molecule has 0 atom stereocenters. The van der Waals surface area contributed by atoms with E-state index in [4.69, 9.17) is 0 Å². The molecule has 0 radical (unpaired) electrons. The van der Waals surface area contributed by atoms with Crippen molar-refractivity contribution in [1.29, 1.82) is 0 Å². The fourth-order valence-electron chi connectivity index (χ4n) is 3.55. The molecule has 0 saturated carbocycles. The molecule has 1 aliphatic heterocycles. The third-order valence-electron chi connectivity index (χ3n) is 5.41. The van der Waals surface area contributed by atoms with E-state index < -0.39 is 21.8 Å². The lowest BCUT2D eigenvalue weighted by atomic mass is 10.2. The zero-order valence-corrected chi connectivity index (χ0v) is 19.4. The average Bonchev–Trinajstić information content (AvgIpc) is 3.39. The second kappa shape index (κ2) is 10.3. The summed E-state index contributed by atoms with van der Waals surface area (Å²) in [4.78, 5) is 26.6. The Kier molecular flexibility index (Phi) is 7.19. The Morgan fingerprint density at radius 1 is 0.818 bits per heavy atom. The van der Waals surface area contributed by atoms with Crippen LogP contribution in [0.25, 0.3) is 0 Å². The third kappa shape index (κ3) is 5.66. The summed E-state index contributed by atoms with van der Waals surface area (Å²) in [6, 6.07) is 17.5. The van der Waals surface area contributed by atoms with Crippen LogP contribution in [0.3, 0.4) is 0 Å². The van der Waals surface area contributed by atoms with E-state index in [2.05, 4.69) is 27.9 Å². The maximum Gasteiger partial charge on any atom is 0.270 e. The molecule has 0 aliphatic carbocycles. The fraction of sp³-hybridized carbons (Fsp3) is 0.217. The van der Waals surface area contributed by atoms with E-state index >= 15 is 0 Å². The van der Waals surface area contributed by atoms with E-state index in [0.717, 1.165) is 6.54 Å². The van der Waals surface area contributed by atoms with Crippen LogP contribution >= 0.6 is 11.3 Å². The number of carbonyl (C=O) groups excluding carboxylic acids is 2. The minimum Gasteiger partial charge on any atom is -0.296 e. The third-order valence-corrected chi connectivity index (χ3v) is 8.00. The smallest absolute Gasteiger partial charge is 0.270 e. The summed E-state index contributed by atoms with van der Waals surface area (Å²) in [5.41, 5.74) is 6.57. The molecule has 2 aromatic carbocycles. The van der Waals surface area contributed by atoms with Crippen molar-refractivity contribution < 1.29 is 18.0 Å². The van der Waals surface area contributed by atoms with Crippen LogP contribution < -0.4 is 10.9 Å². The summed E-state index contributed by atoms with van der Waals surface area (Å²) in [5, 5.41) is 3.43. The zero-order valence-electron chi connectivity index (χ0n) is 17.8. The minimum absolute atomic E-state index is 0.137. The minimum atomic E-state index is -3.65. The molecule has 0 unspecified atom stereocenters. The molecular weight excluding hydrogens is 460 g/mol. The second-order valence-electron chi connectivity index (χ2n) is 7.61. The highest BCUT2D eigenvalue weighted by atomic mass is 32.2. The van der Waals surface area contributed by atoms with Crippen molar-refractivity contribution >= 4 is 33.2 Å². The number of sulfonamides is 1. The van der Waals surface area contributed by atoms with Crippen molar-refractivity contribution in [2.45, 2.75) is 11.4 Å². The van der Waals surface area contributed by atoms with E-state index in [0.29, 0.717) is 31.7 Å². The van der Waals surface area contributed by atoms with Gasteiger partial charge in [-0.2, -0.15) is 15.6 Å². The zero-order chi connectivity index (χ0) is 23.3. The van der Waals surface area contributed by atoms with Gasteiger partial charge in [0.05, 0.1) is 10.5 Å². The molecule has 8 nitrogen and oxygen atoms in total. The van der Waals surface area contributed by atoms with Crippen LogP contribution in [-0.2, 0) is 16.6 Å². The second-order valence-corrected chi connectivity index (χ2v) is 10.3. The van der Waals surface area contributed by atoms with Crippen LogP contribution in [0.4, 0.5) is 0 Å². The maximum atomic E-state index is 13.0. The highest BCUT2D eigenvalue weighted by Crippen LogP contribution is 2.19. The lowest BCUT2D eigenvalue weighted by Gasteiger charge is -2.34. The van der Waals surface area contributed by atoms with Gasteiger partial charge in [0.15, 0.2) is 0 Å². The van der Waals surface area contributed by atoms with Crippen molar-refractivity contribution in [1.82, 2.24) is 20.1 Å². The van der Waals surface area contributed by atoms with Crippen LogP contribution in [0.2, 0.25) is 0 Å². The summed E-state index contributed by atoms with van der Waals surface area (Å²) in [6.07, 6.45) is 0. The summed E-state index contributed by atoms with van der Waals surface area (Å²) < 4.78 is 27.5. The van der Waals surface area contributed by atoms with Gasteiger partial charge < -0.3 is 0 Å². The first-order valence-corrected chi connectivity index (χ1v) is 12.8. The Hall–Kier alpha value is -3.05. The highest BCUT2D eigenvalue weighted by molar-refractivity contribution is 7.89. The highest BCUT2D eigenvalue weighted by Gasteiger charge is 2.28. The van der Waals surface area contributed by atoms with Crippen molar-refractivity contribution in [3.05, 3.63) is 88.1 Å². The molecule has 1 saturated heterocycles. The number of hydrazine groups is 1. The molecule has 2 N–H and O–H groups in total. The summed E-state index contributed by atoms with van der Waals surface area (Å²) in [5.74, 6) is -0.952. The number of piperazine rings is 1. The maximum absolute atomic E-state index is 13.0. The lowest BCUT2D eigenvalue weighted by molar-refractivity contribution is 0.0847. The number of carbonyl (C=O) groups is 2. The van der Waals surface area contributed by atoms with E-state index in [1.807, 2.05) is 18.2 Å². The number of hydrogen-bond donors (Lipinski definition) is 2. The first-order valence-electron chi connectivity index (χ1n) is 10.4. The predicted octanol–water partition coefficient (Wildman–Crippen LogP) is 2.33. The number of amides is 2. The normalized spacial score (nSPS) is 15.2. The van der Waals surface area contributed by atoms with Gasteiger partial charge in [0.2, 0.25) is 10.0 Å². The molecule has 172 valence electrons. The van der Waals surface area contributed by atoms with Gasteiger partial charge in [0, 0.05) is 43.7 Å². The van der Waals surface area contributed by atoms with E-state index in [1.54, 1.807) is 16.8 Å². The molecule has 10 heteroatoms. The molecule has 3 aromatic rings. The number of nitrogens with one attached hydrogen (secondary N) is 2. The number of nitrogens with zero attached hydrogens (tertiary/aromatic N) is 2. The average molecular weight is 485 g/mol. The van der Waals surface area contributed by atoms with Crippen LogP contribution in [0.1, 0.15) is 26.3 Å². The largest absolute Gasteiger partial charge is 0.296 e. The number of thiophene rings is 1. The van der Waals surface area contributed by atoms with Crippen molar-refractivity contribution in [3.63, 3.8) is 0 Å². The van der Waals surface area contributed by atoms with Gasteiger partial charge >= 0.3 is 0 Å². The molecule has 33 heavy (non-hydrogen) atoms. The molecule has 1 fully saturated rings. The summed E-state index contributed by atoms with van der Waals surface area (Å²) in [7, 11) is -3.65. The van der Waals surface area contributed by atoms with Crippen LogP contribution in [0.5, 0.6) is 0 Å². The number of rotatable bonds is 6. The summed E-state index contributed by atoms with van der Waals surface area (Å²) in [6.45, 7) is 2.91. The van der Waals surface area contributed by atoms with Gasteiger partial charge in [0.1, 0.15) is 0 Å². The first kappa shape index (κ1) is 23.1. The Bertz CT molecular complexity index is 1190. The Morgan fingerprint density at radius 3 is 2.06 bits per heavy atom. The van der Waals surface area contributed by atoms with Crippen LogP contribution in [-0.4, -0.2) is 55.6 Å². The molecule has 1 aliphatic rings. The topological polar surface area (TPSA) is 98.8 Å². The van der Waals surface area contributed by atoms with E-state index in [9.17, 15) is 18.0 Å². The van der Waals surface area contributed by atoms with Gasteiger partial charge in [-0.25, -0.2) is 8.42 Å². The quantitative estimate of drug-likeness (QED) is 0.524. The van der Waals surface area contributed by atoms with Gasteiger partial charge in [-0.15, -0.1) is 0 Å². The molecule has 1 aromatic heterocycles. The Labute approximate surface area is 196 Å². The van der Waals surface area contributed by atoms with E-state index in [-0.39, 0.29) is 10.5 Å². The van der Waals surface area contributed by atoms with Crippen LogP contribution in [0, 0.1) is 0 Å². The SMILES string of the molecule is O=C(NNC(=O)c1ccsc1)c1ccc(S(=O)(=O)N2CCN(Cc3ccccc3)CC2)cc1. The number of benzene rings is 2. The number of hydrogen-bond acceptors (Lipinski definition) is 6. The standard InChI is InChI=1S/C23H24N4O4S2/c28-22(24-25-23(29)20-10-15-32-17-20)19-6-8-21(9-7-19)33(30,31)27-13-11-26(12-14-27)16-18-4-2-1-3-5-18/h1-10,15,17H,11-14,16H2,(H,24,28)(H,25,29). The van der Waals surface area contributed by atoms with E-state index in [1.165, 1.54) is 45.5 Å². The van der Waals surface area contributed by atoms with Gasteiger partial charge in [-0.3, -0.25) is 25.3 Å². The Morgan fingerprint density at radius 2 is 1.45 bits per heavy atom. The fourth-order valence-corrected chi connectivity index (χ4v) is 5.61. The van der Waals surface area contributed by atoms with Gasteiger partial charge in [0.25, 0.3) is 11.8 Å². The van der Waals surface area contributed by atoms with Gasteiger partial charge in [-0.05, 0) is 41.3 Å². The summed E-state index contributed by atoms with van der Waals surface area (Å²) >= 11 is 1.38. The van der Waals surface area contributed by atoms with Crippen molar-refractivity contribution in [3.8, 4) is 0 Å².